The number of carbonyl (C=O) groups excluding carboxylic acids is 1. The van der Waals surface area contributed by atoms with E-state index in [-0.39, 0.29) is 5.97 Å². The molecule has 1 fully saturated rings. The number of esters is 1. The fourth-order valence-electron chi connectivity index (χ4n) is 4.16. The minimum absolute atomic E-state index is 0.154. The van der Waals surface area contributed by atoms with Gasteiger partial charge in [0, 0.05) is 25.2 Å². The zero-order valence-electron chi connectivity index (χ0n) is 18.6. The SMILES string of the molecule is COC(=O)C1(Cc2ccc(OCCc3nc(-c4ccccc4)oc3C)cc2)CCOCC1. The van der Waals surface area contributed by atoms with Gasteiger partial charge >= 0.3 is 5.97 Å². The van der Waals surface area contributed by atoms with Gasteiger partial charge in [0.2, 0.25) is 5.89 Å². The highest BCUT2D eigenvalue weighted by Crippen LogP contribution is 2.36. The van der Waals surface area contributed by atoms with Crippen molar-refractivity contribution in [2.24, 2.45) is 5.41 Å². The maximum absolute atomic E-state index is 12.4. The Kier molecular flexibility index (Phi) is 6.90. The first-order chi connectivity index (χ1) is 15.6. The molecule has 1 aromatic heterocycles. The van der Waals surface area contributed by atoms with Crippen molar-refractivity contribution in [3.63, 3.8) is 0 Å². The molecule has 1 saturated heterocycles. The van der Waals surface area contributed by atoms with Crippen LogP contribution in [0, 0.1) is 12.3 Å². The molecule has 0 bridgehead atoms. The molecule has 0 N–H and O–H groups in total. The number of oxazole rings is 1. The number of hydrogen-bond acceptors (Lipinski definition) is 6. The number of rotatable bonds is 8. The van der Waals surface area contributed by atoms with Crippen molar-refractivity contribution in [3.05, 3.63) is 71.6 Å². The van der Waals surface area contributed by atoms with Crippen LogP contribution in [-0.4, -0.2) is 37.9 Å². The lowest BCUT2D eigenvalue weighted by Crippen LogP contribution is -2.40. The van der Waals surface area contributed by atoms with Crippen molar-refractivity contribution >= 4 is 5.97 Å². The molecule has 0 radical (unpaired) electrons. The molecule has 0 atom stereocenters. The number of carbonyl (C=O) groups is 1. The summed E-state index contributed by atoms with van der Waals surface area (Å²) in [6, 6.07) is 17.8. The molecule has 4 rings (SSSR count). The standard InChI is InChI=1S/C26H29NO5/c1-19-23(27-24(32-19)21-6-4-3-5-7-21)12-15-31-22-10-8-20(9-11-22)18-26(25(28)29-2)13-16-30-17-14-26/h3-11H,12-18H2,1-2H3. The van der Waals surface area contributed by atoms with Crippen LogP contribution in [0.15, 0.2) is 59.0 Å². The minimum Gasteiger partial charge on any atom is -0.493 e. The van der Waals surface area contributed by atoms with E-state index in [0.29, 0.717) is 51.4 Å². The summed E-state index contributed by atoms with van der Waals surface area (Å²) in [5.41, 5.74) is 2.45. The number of ether oxygens (including phenoxy) is 3. The molecule has 168 valence electrons. The highest BCUT2D eigenvalue weighted by molar-refractivity contribution is 5.77. The summed E-state index contributed by atoms with van der Waals surface area (Å²) in [5, 5.41) is 0. The van der Waals surface area contributed by atoms with Crippen molar-refractivity contribution in [2.45, 2.75) is 32.6 Å². The van der Waals surface area contributed by atoms with Gasteiger partial charge in [-0.3, -0.25) is 4.79 Å². The van der Waals surface area contributed by atoms with E-state index < -0.39 is 5.41 Å². The van der Waals surface area contributed by atoms with Gasteiger partial charge in [-0.25, -0.2) is 4.98 Å². The van der Waals surface area contributed by atoms with Crippen molar-refractivity contribution in [1.82, 2.24) is 4.98 Å². The van der Waals surface area contributed by atoms with Crippen LogP contribution >= 0.6 is 0 Å². The number of nitrogens with zero attached hydrogens (tertiary/aromatic N) is 1. The van der Waals surface area contributed by atoms with Crippen molar-refractivity contribution in [2.75, 3.05) is 26.9 Å². The number of aromatic nitrogens is 1. The third kappa shape index (κ3) is 5.02. The molecular formula is C26H29NO5. The Morgan fingerprint density at radius 2 is 1.78 bits per heavy atom. The lowest BCUT2D eigenvalue weighted by atomic mass is 9.75. The zero-order chi connectivity index (χ0) is 22.4. The first kappa shape index (κ1) is 22.1. The lowest BCUT2D eigenvalue weighted by Gasteiger charge is -2.34. The molecular weight excluding hydrogens is 406 g/mol. The van der Waals surface area contributed by atoms with Gasteiger partial charge in [0.05, 0.1) is 24.8 Å². The quantitative estimate of drug-likeness (QED) is 0.474. The van der Waals surface area contributed by atoms with Crippen LogP contribution < -0.4 is 4.74 Å². The van der Waals surface area contributed by atoms with E-state index >= 15 is 0 Å². The van der Waals surface area contributed by atoms with E-state index in [4.69, 9.17) is 18.6 Å². The van der Waals surface area contributed by atoms with Gasteiger partial charge in [-0.2, -0.15) is 0 Å². The summed E-state index contributed by atoms with van der Waals surface area (Å²) in [7, 11) is 1.45. The van der Waals surface area contributed by atoms with E-state index in [2.05, 4.69) is 4.98 Å². The Morgan fingerprint density at radius 3 is 2.47 bits per heavy atom. The van der Waals surface area contributed by atoms with Gasteiger partial charge < -0.3 is 18.6 Å². The predicted octanol–water partition coefficient (Wildman–Crippen LogP) is 4.78. The van der Waals surface area contributed by atoms with Crippen molar-refractivity contribution in [3.8, 4) is 17.2 Å². The summed E-state index contributed by atoms with van der Waals surface area (Å²) in [4.78, 5) is 17.1. The van der Waals surface area contributed by atoms with Gasteiger partial charge in [0.1, 0.15) is 11.5 Å². The molecule has 0 unspecified atom stereocenters. The molecule has 0 spiro atoms. The van der Waals surface area contributed by atoms with Crippen LogP contribution in [0.4, 0.5) is 0 Å². The molecule has 2 heterocycles. The summed E-state index contributed by atoms with van der Waals surface area (Å²) in [5.74, 6) is 2.08. The van der Waals surface area contributed by atoms with Gasteiger partial charge in [-0.05, 0) is 56.0 Å². The molecule has 32 heavy (non-hydrogen) atoms. The molecule has 0 saturated carbocycles. The van der Waals surface area contributed by atoms with E-state index in [1.807, 2.05) is 61.5 Å². The fraction of sp³-hybridized carbons (Fsp3) is 0.385. The molecule has 1 aliphatic heterocycles. The Morgan fingerprint density at radius 1 is 1.06 bits per heavy atom. The Hall–Kier alpha value is -3.12. The second kappa shape index (κ2) is 10.0. The maximum Gasteiger partial charge on any atom is 0.312 e. The minimum atomic E-state index is -0.504. The van der Waals surface area contributed by atoms with E-state index in [9.17, 15) is 4.79 Å². The fourth-order valence-corrected chi connectivity index (χ4v) is 4.16. The van der Waals surface area contributed by atoms with Gasteiger partial charge in [0.15, 0.2) is 0 Å². The highest BCUT2D eigenvalue weighted by Gasteiger charge is 2.41. The molecule has 6 heteroatoms. The second-order valence-electron chi connectivity index (χ2n) is 8.19. The van der Waals surface area contributed by atoms with Crippen molar-refractivity contribution in [1.29, 1.82) is 0 Å². The van der Waals surface area contributed by atoms with Crippen LogP contribution in [0.1, 0.15) is 29.9 Å². The Balaban J connectivity index is 1.34. The summed E-state index contributed by atoms with van der Waals surface area (Å²) < 4.78 is 22.3. The normalized spacial score (nSPS) is 15.3. The van der Waals surface area contributed by atoms with Crippen LogP contribution in [0.25, 0.3) is 11.5 Å². The number of benzene rings is 2. The molecule has 2 aromatic carbocycles. The van der Waals surface area contributed by atoms with Crippen LogP contribution in [0.5, 0.6) is 5.75 Å². The third-order valence-corrected chi connectivity index (χ3v) is 6.06. The maximum atomic E-state index is 12.4. The lowest BCUT2D eigenvalue weighted by molar-refractivity contribution is -0.158. The largest absolute Gasteiger partial charge is 0.493 e. The Labute approximate surface area is 188 Å². The first-order valence-electron chi connectivity index (χ1n) is 11.0. The van der Waals surface area contributed by atoms with E-state index in [0.717, 1.165) is 28.3 Å². The molecule has 0 aliphatic carbocycles. The molecule has 3 aromatic rings. The second-order valence-corrected chi connectivity index (χ2v) is 8.19. The van der Waals surface area contributed by atoms with Gasteiger partial charge in [-0.1, -0.05) is 30.3 Å². The van der Waals surface area contributed by atoms with Crippen LogP contribution in [0.3, 0.4) is 0 Å². The highest BCUT2D eigenvalue weighted by atomic mass is 16.5. The van der Waals surface area contributed by atoms with Crippen LogP contribution in [-0.2, 0) is 27.1 Å². The van der Waals surface area contributed by atoms with Crippen molar-refractivity contribution < 1.29 is 23.4 Å². The molecule has 1 aliphatic rings. The zero-order valence-corrected chi connectivity index (χ0v) is 18.6. The number of aryl methyl sites for hydroxylation is 1. The van der Waals surface area contributed by atoms with E-state index in [1.165, 1.54) is 7.11 Å². The molecule has 6 nitrogen and oxygen atoms in total. The van der Waals surface area contributed by atoms with E-state index in [1.54, 1.807) is 0 Å². The predicted molar refractivity (Wildman–Crippen MR) is 121 cm³/mol. The average Bonchev–Trinajstić information content (AvgIpc) is 3.21. The van der Waals surface area contributed by atoms with Crippen LogP contribution in [0.2, 0.25) is 0 Å². The number of hydrogen-bond donors (Lipinski definition) is 0. The summed E-state index contributed by atoms with van der Waals surface area (Å²) >= 11 is 0. The smallest absolute Gasteiger partial charge is 0.312 e. The number of methoxy groups -OCH3 is 1. The summed E-state index contributed by atoms with van der Waals surface area (Å²) in [6.07, 6.45) is 2.67. The summed E-state index contributed by atoms with van der Waals surface area (Å²) in [6.45, 7) is 3.61. The topological polar surface area (TPSA) is 70.8 Å². The molecule has 0 amide bonds. The Bertz CT molecular complexity index is 1020. The van der Waals surface area contributed by atoms with Gasteiger partial charge in [-0.15, -0.1) is 0 Å². The first-order valence-corrected chi connectivity index (χ1v) is 11.0. The third-order valence-electron chi connectivity index (χ3n) is 6.06. The van der Waals surface area contributed by atoms with Gasteiger partial charge in [0.25, 0.3) is 0 Å². The monoisotopic (exact) mass is 435 g/mol. The average molecular weight is 436 g/mol.